The van der Waals surface area contributed by atoms with E-state index in [9.17, 15) is 85.4 Å². The lowest BCUT2D eigenvalue weighted by Crippen LogP contribution is -2.08. The lowest BCUT2D eigenvalue weighted by Gasteiger charge is -2.12. The van der Waals surface area contributed by atoms with Crippen LogP contribution in [0.15, 0.2) is 111 Å². The third-order valence-corrected chi connectivity index (χ3v) is 18.0. The molecule has 0 atom stereocenters. The van der Waals surface area contributed by atoms with Crippen LogP contribution >= 0.6 is 23.1 Å². The van der Waals surface area contributed by atoms with Crippen molar-refractivity contribution in [1.82, 2.24) is 14.4 Å². The number of hydrogen-bond acceptors (Lipinski definition) is 28. The normalized spacial score (nSPS) is 12.8. The fourth-order valence-electron chi connectivity index (χ4n) is 7.94. The molecule has 0 radical (unpaired) electrons. The molecular weight excluding hydrogens is 1290 g/mol. The summed E-state index contributed by atoms with van der Waals surface area (Å²) in [6.45, 7) is 1.20. The number of aryl methyl sites for hydroxylation is 1. The van der Waals surface area contributed by atoms with Gasteiger partial charge in [0.15, 0.2) is 11.3 Å². The molecule has 8 N–H and O–H groups in total. The smallest absolute Gasteiger partial charge is 0.425 e. The number of thioether (sulfide) groups is 1. The Morgan fingerprint density at radius 2 is 1.32 bits per heavy atom. The molecule has 32 nitrogen and oxygen atoms in total. The van der Waals surface area contributed by atoms with Crippen LogP contribution in [0.25, 0.3) is 37.7 Å². The summed E-state index contributed by atoms with van der Waals surface area (Å²) >= 11 is 1.76. The number of hydrogen-bond donors (Lipinski definition) is 8. The monoisotopic (exact) mass is 1330 g/mol. The van der Waals surface area contributed by atoms with Gasteiger partial charge in [-0.25, -0.2) is 9.97 Å². The van der Waals surface area contributed by atoms with E-state index in [0.717, 1.165) is 51.8 Å². The molecule has 0 fully saturated rings. The van der Waals surface area contributed by atoms with Gasteiger partial charge in [0, 0.05) is 27.5 Å². The number of benzene rings is 5. The van der Waals surface area contributed by atoms with E-state index in [0.29, 0.717) is 5.56 Å². The number of fused-ring (bicyclic) bond motifs is 6. The van der Waals surface area contributed by atoms with Gasteiger partial charge >= 0.3 is 10.6 Å². The summed E-state index contributed by atoms with van der Waals surface area (Å²) < 4.78 is 201. The number of ether oxygens (including phenoxy) is 1. The van der Waals surface area contributed by atoms with E-state index in [1.165, 1.54) is 43.3 Å². The van der Waals surface area contributed by atoms with Crippen LogP contribution in [0.2, 0.25) is 0 Å². The van der Waals surface area contributed by atoms with Crippen LogP contribution in [-0.2, 0) is 74.4 Å². The van der Waals surface area contributed by atoms with Crippen LogP contribution < -0.4 is 4.74 Å². The first kappa shape index (κ1) is 65.1. The van der Waals surface area contributed by atoms with Crippen molar-refractivity contribution in [3.05, 3.63) is 88.5 Å². The maximum atomic E-state index is 12.5. The van der Waals surface area contributed by atoms with Crippen molar-refractivity contribution in [2.75, 3.05) is 23.9 Å². The Labute approximate surface area is 489 Å². The van der Waals surface area contributed by atoms with Crippen molar-refractivity contribution < 1.29 is 97.5 Å². The van der Waals surface area contributed by atoms with Crippen molar-refractivity contribution >= 4 is 156 Å². The van der Waals surface area contributed by atoms with Crippen LogP contribution in [0.1, 0.15) is 40.7 Å². The SMILES string of the molecule is Cc1cc(N=Nc2c(C)c(C#N)c3nc4c(S(=O)(=O)O)cc(CO)cc4n3c2O)c(OCCCS(=O)(=O)O)cc1N=Nc1cc(CO)c(N=Nc2nc3c(S(=O)(=O)O)cc4ccc(S(=O)(=O)O)cc4c3s2)cc1SCCCS(=O)(=O)O.O=S(=O)=O. The van der Waals surface area contributed by atoms with Gasteiger partial charge in [-0.15, -0.1) is 50.0 Å². The van der Waals surface area contributed by atoms with Crippen molar-refractivity contribution in [2.45, 2.75) is 59.5 Å². The maximum Gasteiger partial charge on any atom is 0.425 e. The molecule has 0 bridgehead atoms. The van der Waals surface area contributed by atoms with Crippen molar-refractivity contribution in [3.63, 3.8) is 0 Å². The molecule has 3 aromatic heterocycles. The second kappa shape index (κ2) is 25.6. The Bertz CT molecular complexity index is 4910. The van der Waals surface area contributed by atoms with Gasteiger partial charge in [0.1, 0.15) is 43.9 Å². The summed E-state index contributed by atoms with van der Waals surface area (Å²) in [6, 6.07) is 14.0. The number of azo groups is 3. The van der Waals surface area contributed by atoms with Gasteiger partial charge in [-0.1, -0.05) is 17.4 Å². The Balaban J connectivity index is 0.00000251. The predicted molar refractivity (Wildman–Crippen MR) is 300 cm³/mol. The Kier molecular flexibility index (Phi) is 19.6. The van der Waals surface area contributed by atoms with Gasteiger partial charge < -0.3 is 20.1 Å². The Morgan fingerprint density at radius 1 is 0.694 bits per heavy atom. The zero-order chi connectivity index (χ0) is 62.7. The first-order chi connectivity index (χ1) is 39.6. The van der Waals surface area contributed by atoms with E-state index in [1.807, 2.05) is 6.07 Å². The Morgan fingerprint density at radius 3 is 1.93 bits per heavy atom. The van der Waals surface area contributed by atoms with Crippen molar-refractivity contribution in [3.8, 4) is 17.7 Å². The van der Waals surface area contributed by atoms with Gasteiger partial charge in [-0.05, 0) is 97.5 Å². The highest BCUT2D eigenvalue weighted by Gasteiger charge is 2.27. The fourth-order valence-corrected chi connectivity index (χ4v) is 12.9. The molecule has 0 spiro atoms. The number of aromatic hydroxyl groups is 1. The van der Waals surface area contributed by atoms with E-state index in [-0.39, 0.29) is 129 Å². The molecule has 8 rings (SSSR count). The maximum absolute atomic E-state index is 12.5. The summed E-state index contributed by atoms with van der Waals surface area (Å²) in [4.78, 5) is 6.81. The van der Waals surface area contributed by atoms with Crippen LogP contribution in [0.4, 0.5) is 33.6 Å². The lowest BCUT2D eigenvalue weighted by atomic mass is 10.1. The molecule has 0 aliphatic carbocycles. The second-order valence-electron chi connectivity index (χ2n) is 17.5. The topological polar surface area (TPSA) is 521 Å². The first-order valence-electron chi connectivity index (χ1n) is 23.2. The molecule has 450 valence electrons. The quantitative estimate of drug-likeness (QED) is 0.0150. The number of imidazole rings is 1. The highest BCUT2D eigenvalue weighted by molar-refractivity contribution is 7.99. The van der Waals surface area contributed by atoms with Crippen LogP contribution in [0.3, 0.4) is 0 Å². The molecular formula is C45H40N10O22S8. The lowest BCUT2D eigenvalue weighted by molar-refractivity contribution is 0.281. The van der Waals surface area contributed by atoms with Crippen molar-refractivity contribution in [1.29, 1.82) is 5.26 Å². The van der Waals surface area contributed by atoms with E-state index in [1.54, 1.807) is 6.92 Å². The summed E-state index contributed by atoms with van der Waals surface area (Å²) in [6.07, 6.45) is -0.300. The number of aliphatic hydroxyl groups is 2. The molecule has 0 saturated carbocycles. The van der Waals surface area contributed by atoms with Crippen LogP contribution in [0, 0.1) is 25.2 Å². The molecule has 0 aliphatic heterocycles. The number of thiazole rings is 1. The van der Waals surface area contributed by atoms with Crippen molar-refractivity contribution in [2.24, 2.45) is 30.7 Å². The number of pyridine rings is 1. The third-order valence-electron chi connectivity index (χ3n) is 11.7. The molecule has 40 heteroatoms. The minimum absolute atomic E-state index is 0.00961. The molecule has 5 aromatic carbocycles. The summed E-state index contributed by atoms with van der Waals surface area (Å²) in [7, 11) is -26.5. The molecule has 0 unspecified atom stereocenters. The van der Waals surface area contributed by atoms with Gasteiger partial charge in [-0.3, -0.25) is 27.2 Å². The summed E-state index contributed by atoms with van der Waals surface area (Å²) in [5, 5.41) is 68.1. The zero-order valence-electron chi connectivity index (χ0n) is 43.0. The van der Waals surface area contributed by atoms with Crippen LogP contribution in [0.5, 0.6) is 11.6 Å². The van der Waals surface area contributed by atoms with Gasteiger partial charge in [0.05, 0.1) is 63.5 Å². The minimum Gasteiger partial charge on any atom is -0.493 e. The van der Waals surface area contributed by atoms with E-state index in [2.05, 4.69) is 40.7 Å². The zero-order valence-corrected chi connectivity index (χ0v) is 49.5. The first-order valence-corrected chi connectivity index (χ1v) is 33.6. The summed E-state index contributed by atoms with van der Waals surface area (Å²) in [5.74, 6) is -2.10. The van der Waals surface area contributed by atoms with E-state index < -0.39 is 106 Å². The molecule has 3 heterocycles. The molecule has 0 amide bonds. The fraction of sp³-hybridized carbons (Fsp3) is 0.222. The number of nitriles is 1. The van der Waals surface area contributed by atoms with Gasteiger partial charge in [0.25, 0.3) is 50.6 Å². The highest BCUT2D eigenvalue weighted by atomic mass is 32.2. The largest absolute Gasteiger partial charge is 0.493 e. The average molecular weight is 1330 g/mol. The predicted octanol–water partition coefficient (Wildman–Crippen LogP) is 7.44. The number of rotatable bonds is 21. The number of aromatic nitrogens is 3. The molecule has 0 saturated heterocycles. The molecule has 8 aromatic rings. The Hall–Kier alpha value is -7.47. The van der Waals surface area contributed by atoms with E-state index >= 15 is 0 Å². The standard InChI is InChI=1S/C45H40N10O19S7.O3S/c1-22-11-32(51-53-39-23(2)29(19-46)43-47-40-34(55(43)44(39)58)12-24(20-56)13-37(40)80(68,69)70)35(74-7-3-9-77(59,60)61)17-30(22)49-52-33-14-26(21-57)31(18-36(33)75-8-4-10-78(62,63)64)50-54-45-48-41-38(81(71,72)73)15-25-5-6-27(79(65,66)67)16-28(25)42(41)76-45;1-4(2)3/h5-6,11-18,56-58H,3-4,7-10,20-21H2,1-2H3,(H,59,60,61)(H,62,63,64)(H,65,66,67)(H,68,69,70)(H,71,72,73);. The van der Waals surface area contributed by atoms with E-state index in [4.69, 9.17) is 17.4 Å². The molecule has 85 heavy (non-hydrogen) atoms. The minimum atomic E-state index is -4.95. The molecule has 0 aliphatic rings. The van der Waals surface area contributed by atoms with Gasteiger partial charge in [-0.2, -0.15) is 52.5 Å². The van der Waals surface area contributed by atoms with Crippen LogP contribution in [-0.4, -0.2) is 131 Å². The number of aliphatic hydroxyl groups excluding tert-OH is 2. The highest BCUT2D eigenvalue weighted by Crippen LogP contribution is 2.45. The second-order valence-corrected chi connectivity index (χ2v) is 27.4. The third kappa shape index (κ3) is 15.7. The number of nitrogens with zero attached hydrogens (tertiary/aromatic N) is 10. The van der Waals surface area contributed by atoms with Gasteiger partial charge in [0.2, 0.25) is 11.0 Å². The average Bonchev–Trinajstić information content (AvgIpc) is 1.70. The summed E-state index contributed by atoms with van der Waals surface area (Å²) in [5.41, 5.74) is -1.14.